The molecule has 4 aromatic rings. The van der Waals surface area contributed by atoms with Crippen molar-refractivity contribution in [3.63, 3.8) is 0 Å². The molecule has 1 unspecified atom stereocenters. The Morgan fingerprint density at radius 2 is 1.88 bits per heavy atom. The van der Waals surface area contributed by atoms with Crippen LogP contribution in [-0.2, 0) is 11.2 Å². The molecule has 0 saturated heterocycles. The highest BCUT2D eigenvalue weighted by atomic mass is 35.5. The number of rotatable bonds is 7. The zero-order valence-corrected chi connectivity index (χ0v) is 18.1. The Kier molecular flexibility index (Phi) is 6.77. The molecule has 1 N–H and O–H groups in total. The molecule has 33 heavy (non-hydrogen) atoms. The molecule has 0 spiro atoms. The highest BCUT2D eigenvalue weighted by Gasteiger charge is 2.17. The molecule has 0 aliphatic rings. The van der Waals surface area contributed by atoms with Crippen LogP contribution in [0.4, 0.5) is 10.1 Å². The zero-order valence-electron chi connectivity index (χ0n) is 17.3. The number of nitriles is 1. The van der Waals surface area contributed by atoms with Gasteiger partial charge in [0.25, 0.3) is 0 Å². The van der Waals surface area contributed by atoms with Crippen molar-refractivity contribution in [1.82, 2.24) is 10.1 Å². The van der Waals surface area contributed by atoms with Crippen LogP contribution >= 0.6 is 11.6 Å². The highest BCUT2D eigenvalue weighted by Crippen LogP contribution is 2.31. The van der Waals surface area contributed by atoms with Crippen LogP contribution in [0, 0.1) is 17.1 Å². The fraction of sp³-hybridized carbons (Fsp3) is 0.120. The van der Waals surface area contributed by atoms with Gasteiger partial charge in [-0.15, -0.1) is 0 Å². The van der Waals surface area contributed by atoms with Gasteiger partial charge in [0.05, 0.1) is 12.0 Å². The second-order valence-electron chi connectivity index (χ2n) is 7.28. The van der Waals surface area contributed by atoms with Gasteiger partial charge in [0.2, 0.25) is 17.6 Å². The van der Waals surface area contributed by atoms with Gasteiger partial charge >= 0.3 is 0 Å². The summed E-state index contributed by atoms with van der Waals surface area (Å²) in [5.41, 5.74) is 2.66. The average molecular weight is 461 g/mol. The van der Waals surface area contributed by atoms with Crippen molar-refractivity contribution in [1.29, 1.82) is 5.26 Å². The van der Waals surface area contributed by atoms with Crippen LogP contribution in [0.25, 0.3) is 11.4 Å². The van der Waals surface area contributed by atoms with Gasteiger partial charge in [-0.3, -0.25) is 4.79 Å². The molecule has 164 valence electrons. The lowest BCUT2D eigenvalue weighted by Gasteiger charge is -2.13. The first kappa shape index (κ1) is 22.2. The lowest BCUT2D eigenvalue weighted by atomic mass is 9.92. The number of halogens is 2. The molecular formula is C25H18ClFN4O2. The van der Waals surface area contributed by atoms with Crippen LogP contribution < -0.4 is 5.32 Å². The quantitative estimate of drug-likeness (QED) is 0.378. The maximum Gasteiger partial charge on any atom is 0.227 e. The lowest BCUT2D eigenvalue weighted by molar-refractivity contribution is -0.116. The van der Waals surface area contributed by atoms with E-state index in [1.807, 2.05) is 30.3 Å². The third-order valence-corrected chi connectivity index (χ3v) is 5.32. The number of benzene rings is 3. The van der Waals surface area contributed by atoms with E-state index >= 15 is 0 Å². The van der Waals surface area contributed by atoms with Crippen molar-refractivity contribution in [2.24, 2.45) is 0 Å². The molecule has 1 amide bonds. The largest absolute Gasteiger partial charge is 0.339 e. The van der Waals surface area contributed by atoms with Crippen molar-refractivity contribution >= 4 is 23.2 Å². The first-order valence-corrected chi connectivity index (χ1v) is 10.5. The van der Waals surface area contributed by atoms with Gasteiger partial charge in [-0.05, 0) is 47.5 Å². The first-order chi connectivity index (χ1) is 16.0. The summed E-state index contributed by atoms with van der Waals surface area (Å²) in [7, 11) is 0. The summed E-state index contributed by atoms with van der Waals surface area (Å²) in [6, 6.07) is 22.5. The molecule has 1 atom stereocenters. The summed E-state index contributed by atoms with van der Waals surface area (Å²) in [5.74, 6) is -0.470. The number of nitrogens with one attached hydrogen (secondary N) is 1. The van der Waals surface area contributed by atoms with E-state index in [1.165, 1.54) is 12.1 Å². The number of hydrogen-bond acceptors (Lipinski definition) is 5. The first-order valence-electron chi connectivity index (χ1n) is 10.2. The molecule has 0 bridgehead atoms. The maximum atomic E-state index is 13.0. The van der Waals surface area contributed by atoms with E-state index in [4.69, 9.17) is 16.1 Å². The molecule has 0 aliphatic heterocycles. The van der Waals surface area contributed by atoms with Crippen molar-refractivity contribution in [2.75, 3.05) is 5.32 Å². The minimum absolute atomic E-state index is 0.120. The van der Waals surface area contributed by atoms with Crippen LogP contribution in [-0.4, -0.2) is 16.0 Å². The molecule has 1 heterocycles. The molecule has 0 radical (unpaired) electrons. The molecule has 4 rings (SSSR count). The summed E-state index contributed by atoms with van der Waals surface area (Å²) in [6.45, 7) is 0. The fourth-order valence-corrected chi connectivity index (χ4v) is 3.61. The Labute approximate surface area is 194 Å². The molecular weight excluding hydrogens is 443 g/mol. The summed E-state index contributed by atoms with van der Waals surface area (Å²) in [4.78, 5) is 16.6. The van der Waals surface area contributed by atoms with Crippen molar-refractivity contribution in [3.8, 4) is 17.5 Å². The predicted octanol–water partition coefficient (Wildman–Crippen LogP) is 5.76. The molecule has 1 aromatic heterocycles. The van der Waals surface area contributed by atoms with Crippen LogP contribution in [0.5, 0.6) is 0 Å². The van der Waals surface area contributed by atoms with Crippen LogP contribution in [0.3, 0.4) is 0 Å². The monoisotopic (exact) mass is 460 g/mol. The maximum absolute atomic E-state index is 13.0. The minimum Gasteiger partial charge on any atom is -0.339 e. The summed E-state index contributed by atoms with van der Waals surface area (Å²) < 4.78 is 18.2. The SMILES string of the molecule is N#CC(c1ccccc1)c1ccc(NC(=O)CCc2nc(-c3ccc(F)cc3)no2)cc1Cl. The van der Waals surface area contributed by atoms with E-state index in [0.717, 1.165) is 5.56 Å². The number of carbonyl (C=O) groups excluding carboxylic acids is 1. The van der Waals surface area contributed by atoms with Gasteiger partial charge < -0.3 is 9.84 Å². The standard InChI is InChI=1S/C25H18ClFN4O2/c26-22-14-19(10-11-20(22)21(15-28)16-4-2-1-3-5-16)29-23(32)12-13-24-30-25(31-33-24)17-6-8-18(27)9-7-17/h1-11,14,21H,12-13H2,(H,29,32). The van der Waals surface area contributed by atoms with Crippen molar-refractivity contribution in [3.05, 3.63) is 101 Å². The van der Waals surface area contributed by atoms with Crippen LogP contribution in [0.1, 0.15) is 29.4 Å². The number of nitrogens with zero attached hydrogens (tertiary/aromatic N) is 3. The summed E-state index contributed by atoms with van der Waals surface area (Å²) >= 11 is 6.42. The highest BCUT2D eigenvalue weighted by molar-refractivity contribution is 6.31. The van der Waals surface area contributed by atoms with Gasteiger partial charge in [0.15, 0.2) is 0 Å². The van der Waals surface area contributed by atoms with Gasteiger partial charge in [-0.1, -0.05) is 53.2 Å². The second-order valence-corrected chi connectivity index (χ2v) is 7.68. The summed E-state index contributed by atoms with van der Waals surface area (Å²) in [5, 5.41) is 16.7. The zero-order chi connectivity index (χ0) is 23.2. The Morgan fingerprint density at radius 1 is 1.12 bits per heavy atom. The third kappa shape index (κ3) is 5.43. The van der Waals surface area contributed by atoms with E-state index in [9.17, 15) is 14.4 Å². The van der Waals surface area contributed by atoms with Crippen LogP contribution in [0.15, 0.2) is 77.3 Å². The fourth-order valence-electron chi connectivity index (χ4n) is 3.32. The normalized spacial score (nSPS) is 11.5. The average Bonchev–Trinajstić information content (AvgIpc) is 3.30. The molecule has 0 saturated carbocycles. The minimum atomic E-state index is -0.503. The Morgan fingerprint density at radius 3 is 2.58 bits per heavy atom. The van der Waals surface area contributed by atoms with Gasteiger partial charge in [-0.25, -0.2) is 4.39 Å². The second kappa shape index (κ2) is 10.1. The number of aromatic nitrogens is 2. The summed E-state index contributed by atoms with van der Waals surface area (Å²) in [6.07, 6.45) is 0.367. The molecule has 3 aromatic carbocycles. The van der Waals surface area contributed by atoms with E-state index < -0.39 is 5.92 Å². The van der Waals surface area contributed by atoms with Crippen molar-refractivity contribution < 1.29 is 13.7 Å². The number of aryl methyl sites for hydroxylation is 1. The van der Waals surface area contributed by atoms with Gasteiger partial charge in [0.1, 0.15) is 5.82 Å². The van der Waals surface area contributed by atoms with E-state index in [0.29, 0.717) is 33.6 Å². The lowest BCUT2D eigenvalue weighted by Crippen LogP contribution is -2.12. The van der Waals surface area contributed by atoms with Gasteiger partial charge in [-0.2, -0.15) is 10.2 Å². The molecule has 6 nitrogen and oxygen atoms in total. The number of amides is 1. The third-order valence-electron chi connectivity index (χ3n) is 4.99. The van der Waals surface area contributed by atoms with Crippen molar-refractivity contribution in [2.45, 2.75) is 18.8 Å². The number of anilines is 1. The van der Waals surface area contributed by atoms with E-state index in [2.05, 4.69) is 21.5 Å². The Balaban J connectivity index is 1.37. The Bertz CT molecular complexity index is 1300. The van der Waals surface area contributed by atoms with E-state index in [-0.39, 0.29) is 24.6 Å². The van der Waals surface area contributed by atoms with Crippen LogP contribution in [0.2, 0.25) is 5.02 Å². The number of hydrogen-bond donors (Lipinski definition) is 1. The molecule has 0 fully saturated rings. The predicted molar refractivity (Wildman–Crippen MR) is 122 cm³/mol. The number of carbonyl (C=O) groups is 1. The Hall–Kier alpha value is -4.02. The smallest absolute Gasteiger partial charge is 0.227 e. The van der Waals surface area contributed by atoms with Gasteiger partial charge in [0, 0.05) is 29.1 Å². The topological polar surface area (TPSA) is 91.8 Å². The van der Waals surface area contributed by atoms with E-state index in [1.54, 1.807) is 30.3 Å². The molecule has 0 aliphatic carbocycles. The molecule has 8 heteroatoms.